The van der Waals surface area contributed by atoms with E-state index in [2.05, 4.69) is 15.3 Å². The Kier molecular flexibility index (Phi) is 4.15. The molecule has 0 saturated heterocycles. The van der Waals surface area contributed by atoms with Gasteiger partial charge in [0.15, 0.2) is 0 Å². The van der Waals surface area contributed by atoms with Gasteiger partial charge in [-0.3, -0.25) is 0 Å². The summed E-state index contributed by atoms with van der Waals surface area (Å²) in [6.07, 6.45) is 0. The van der Waals surface area contributed by atoms with Crippen molar-refractivity contribution in [2.75, 3.05) is 31.3 Å². The quantitative estimate of drug-likeness (QED) is 0.746. The number of benzene rings is 1. The molecule has 0 unspecified atom stereocenters. The van der Waals surface area contributed by atoms with Crippen molar-refractivity contribution in [3.05, 3.63) is 30.3 Å². The van der Waals surface area contributed by atoms with Gasteiger partial charge >= 0.3 is 0 Å². The summed E-state index contributed by atoms with van der Waals surface area (Å²) >= 11 is 0. The predicted molar refractivity (Wildman–Crippen MR) is 74.0 cm³/mol. The van der Waals surface area contributed by atoms with Gasteiger partial charge in [0.05, 0.1) is 19.4 Å². The second kappa shape index (κ2) is 6.01. The fraction of sp³-hybridized carbons (Fsp3) is 0.231. The number of nitrogens with zero attached hydrogens (tertiary/aromatic N) is 2. The molecule has 1 heterocycles. The molecular weight excluding hydrogens is 244 g/mol. The summed E-state index contributed by atoms with van der Waals surface area (Å²) in [5, 5.41) is 11.8. The van der Waals surface area contributed by atoms with Gasteiger partial charge in [0, 0.05) is 18.2 Å². The third-order valence-electron chi connectivity index (χ3n) is 2.55. The first-order valence-electron chi connectivity index (χ1n) is 5.86. The summed E-state index contributed by atoms with van der Waals surface area (Å²) in [5.74, 6) is 1.56. The number of nitrogens with two attached hydrogens (primary N) is 1. The van der Waals surface area contributed by atoms with Crippen LogP contribution < -0.4 is 15.8 Å². The smallest absolute Gasteiger partial charge is 0.222 e. The number of aromatic nitrogens is 2. The Balaban J connectivity index is 2.29. The van der Waals surface area contributed by atoms with Crippen molar-refractivity contribution in [3.63, 3.8) is 0 Å². The lowest BCUT2D eigenvalue weighted by Gasteiger charge is -2.08. The van der Waals surface area contributed by atoms with E-state index in [0.29, 0.717) is 12.4 Å². The van der Waals surface area contributed by atoms with Gasteiger partial charge < -0.3 is 20.9 Å². The zero-order valence-electron chi connectivity index (χ0n) is 10.6. The molecule has 0 atom stereocenters. The van der Waals surface area contributed by atoms with Crippen LogP contribution in [0.2, 0.25) is 0 Å². The normalized spacial score (nSPS) is 10.2. The van der Waals surface area contributed by atoms with Crippen LogP contribution in [0.3, 0.4) is 0 Å². The molecule has 6 nitrogen and oxygen atoms in total. The van der Waals surface area contributed by atoms with Crippen molar-refractivity contribution in [1.82, 2.24) is 9.97 Å². The molecule has 0 aliphatic carbocycles. The molecule has 1 aromatic heterocycles. The fourth-order valence-corrected chi connectivity index (χ4v) is 1.65. The Hall–Kier alpha value is -2.34. The first kappa shape index (κ1) is 13.1. The summed E-state index contributed by atoms with van der Waals surface area (Å²) in [6, 6.07) is 9.30. The van der Waals surface area contributed by atoms with Gasteiger partial charge in [0.25, 0.3) is 0 Å². The standard InChI is InChI=1S/C13H16N4O2/c1-19-10-4-2-9(3-5-10)11-8-12(15-6-7-18)17-13(14)16-11/h2-5,8,18H,6-7H2,1H3,(H3,14,15,16,17). The molecule has 0 aliphatic heterocycles. The minimum Gasteiger partial charge on any atom is -0.497 e. The Morgan fingerprint density at radius 1 is 1.26 bits per heavy atom. The number of nitrogens with one attached hydrogen (secondary N) is 1. The van der Waals surface area contributed by atoms with Crippen LogP contribution >= 0.6 is 0 Å². The summed E-state index contributed by atoms with van der Waals surface area (Å²) in [4.78, 5) is 8.24. The van der Waals surface area contributed by atoms with E-state index in [9.17, 15) is 0 Å². The topological polar surface area (TPSA) is 93.3 Å². The summed E-state index contributed by atoms with van der Waals surface area (Å²) < 4.78 is 5.11. The predicted octanol–water partition coefficient (Wildman–Crippen LogP) is 1.14. The third kappa shape index (κ3) is 3.32. The molecule has 0 bridgehead atoms. The molecule has 1 aromatic carbocycles. The number of rotatable bonds is 5. The number of hydrogen-bond acceptors (Lipinski definition) is 6. The van der Waals surface area contributed by atoms with Gasteiger partial charge in [0.2, 0.25) is 5.95 Å². The van der Waals surface area contributed by atoms with Crippen molar-refractivity contribution in [1.29, 1.82) is 0 Å². The number of aliphatic hydroxyl groups is 1. The van der Waals surface area contributed by atoms with Crippen LogP contribution in [0.25, 0.3) is 11.3 Å². The van der Waals surface area contributed by atoms with Crippen molar-refractivity contribution < 1.29 is 9.84 Å². The number of methoxy groups -OCH3 is 1. The third-order valence-corrected chi connectivity index (χ3v) is 2.55. The van der Waals surface area contributed by atoms with E-state index in [0.717, 1.165) is 17.0 Å². The van der Waals surface area contributed by atoms with Crippen LogP contribution in [0.5, 0.6) is 5.75 Å². The highest BCUT2D eigenvalue weighted by Crippen LogP contribution is 2.23. The SMILES string of the molecule is COc1ccc(-c2cc(NCCO)nc(N)n2)cc1. The molecule has 2 aromatic rings. The second-order valence-electron chi connectivity index (χ2n) is 3.88. The van der Waals surface area contributed by atoms with Gasteiger partial charge in [-0.1, -0.05) is 0 Å². The molecule has 0 spiro atoms. The average Bonchev–Trinajstić information content (AvgIpc) is 2.44. The van der Waals surface area contributed by atoms with E-state index in [1.54, 1.807) is 13.2 Å². The van der Waals surface area contributed by atoms with E-state index in [4.69, 9.17) is 15.6 Å². The number of nitrogen functional groups attached to an aromatic ring is 1. The Morgan fingerprint density at radius 2 is 2.00 bits per heavy atom. The molecular formula is C13H16N4O2. The molecule has 0 amide bonds. The number of ether oxygens (including phenoxy) is 1. The average molecular weight is 260 g/mol. The van der Waals surface area contributed by atoms with Crippen LogP contribution in [0.15, 0.2) is 30.3 Å². The zero-order chi connectivity index (χ0) is 13.7. The number of anilines is 2. The van der Waals surface area contributed by atoms with Crippen LogP contribution in [0, 0.1) is 0 Å². The van der Waals surface area contributed by atoms with Crippen molar-refractivity contribution >= 4 is 11.8 Å². The molecule has 6 heteroatoms. The summed E-state index contributed by atoms with van der Waals surface area (Å²) in [7, 11) is 1.62. The molecule has 0 radical (unpaired) electrons. The van der Waals surface area contributed by atoms with Gasteiger partial charge in [-0.2, -0.15) is 4.98 Å². The van der Waals surface area contributed by atoms with Gasteiger partial charge in [-0.25, -0.2) is 4.98 Å². The maximum absolute atomic E-state index is 8.79. The van der Waals surface area contributed by atoms with Crippen LogP contribution in [0.1, 0.15) is 0 Å². The van der Waals surface area contributed by atoms with Gasteiger partial charge in [-0.15, -0.1) is 0 Å². The zero-order valence-corrected chi connectivity index (χ0v) is 10.6. The second-order valence-corrected chi connectivity index (χ2v) is 3.88. The maximum Gasteiger partial charge on any atom is 0.222 e. The number of hydrogen-bond donors (Lipinski definition) is 3. The minimum atomic E-state index is 0.0295. The van der Waals surface area contributed by atoms with Crippen LogP contribution in [0.4, 0.5) is 11.8 Å². The maximum atomic E-state index is 8.79. The summed E-state index contributed by atoms with van der Waals surface area (Å²) in [5.41, 5.74) is 7.31. The molecule has 100 valence electrons. The Morgan fingerprint density at radius 3 is 2.63 bits per heavy atom. The molecule has 19 heavy (non-hydrogen) atoms. The Bertz CT molecular complexity index is 543. The monoisotopic (exact) mass is 260 g/mol. The van der Waals surface area contributed by atoms with Crippen LogP contribution in [-0.2, 0) is 0 Å². The van der Waals surface area contributed by atoms with E-state index in [1.807, 2.05) is 24.3 Å². The molecule has 0 fully saturated rings. The Labute approximate surface area is 111 Å². The van der Waals surface area contributed by atoms with E-state index in [1.165, 1.54) is 0 Å². The van der Waals surface area contributed by atoms with Crippen LogP contribution in [-0.4, -0.2) is 35.3 Å². The fourth-order valence-electron chi connectivity index (χ4n) is 1.65. The first-order valence-corrected chi connectivity index (χ1v) is 5.86. The largest absolute Gasteiger partial charge is 0.497 e. The lowest BCUT2D eigenvalue weighted by molar-refractivity contribution is 0.311. The molecule has 4 N–H and O–H groups in total. The lowest BCUT2D eigenvalue weighted by atomic mass is 10.1. The molecule has 2 rings (SSSR count). The van der Waals surface area contributed by atoms with E-state index >= 15 is 0 Å². The highest BCUT2D eigenvalue weighted by Gasteiger charge is 2.05. The summed E-state index contributed by atoms with van der Waals surface area (Å²) in [6.45, 7) is 0.445. The lowest BCUT2D eigenvalue weighted by Crippen LogP contribution is -2.09. The highest BCUT2D eigenvalue weighted by molar-refractivity contribution is 5.64. The van der Waals surface area contributed by atoms with E-state index < -0.39 is 0 Å². The number of aliphatic hydroxyl groups excluding tert-OH is 1. The minimum absolute atomic E-state index is 0.0295. The molecule has 0 saturated carbocycles. The highest BCUT2D eigenvalue weighted by atomic mass is 16.5. The first-order chi connectivity index (χ1) is 9.22. The van der Waals surface area contributed by atoms with E-state index in [-0.39, 0.29) is 12.6 Å². The van der Waals surface area contributed by atoms with Gasteiger partial charge in [-0.05, 0) is 24.3 Å². The van der Waals surface area contributed by atoms with Crippen molar-refractivity contribution in [2.24, 2.45) is 0 Å². The van der Waals surface area contributed by atoms with Crippen molar-refractivity contribution in [2.45, 2.75) is 0 Å². The van der Waals surface area contributed by atoms with Gasteiger partial charge in [0.1, 0.15) is 11.6 Å². The van der Waals surface area contributed by atoms with Crippen molar-refractivity contribution in [3.8, 4) is 17.0 Å². The molecule has 0 aliphatic rings.